The molecular weight excluding hydrogens is 292 g/mol. The predicted molar refractivity (Wildman–Crippen MR) is 76.3 cm³/mol. The molecule has 0 radical (unpaired) electrons. The Kier molecular flexibility index (Phi) is 2.63. The van der Waals surface area contributed by atoms with Crippen molar-refractivity contribution in [3.8, 4) is 0 Å². The van der Waals surface area contributed by atoms with Crippen LogP contribution in [0.2, 0.25) is 0 Å². The van der Waals surface area contributed by atoms with E-state index >= 15 is 0 Å². The molecule has 0 fully saturated rings. The highest BCUT2D eigenvalue weighted by atomic mass is 79.9. The number of hydrogen-bond acceptors (Lipinski definition) is 4. The molecule has 0 saturated heterocycles. The Morgan fingerprint density at radius 2 is 1.94 bits per heavy atom. The second-order valence-electron chi connectivity index (χ2n) is 4.07. The molecule has 0 aliphatic carbocycles. The van der Waals surface area contributed by atoms with Crippen molar-refractivity contribution in [1.29, 1.82) is 0 Å². The second kappa shape index (κ2) is 4.17. The van der Waals surface area contributed by atoms with Crippen LogP contribution >= 0.6 is 15.9 Å². The Morgan fingerprint density at radius 3 is 2.72 bits per heavy atom. The van der Waals surface area contributed by atoms with Crippen LogP contribution in [0.3, 0.4) is 0 Å². The second-order valence-corrected chi connectivity index (χ2v) is 4.87. The molecule has 0 saturated carbocycles. The number of hydrogen-bond donors (Lipinski definition) is 1. The van der Waals surface area contributed by atoms with Crippen LogP contribution in [0.5, 0.6) is 0 Å². The third-order valence-electron chi connectivity index (χ3n) is 2.98. The summed E-state index contributed by atoms with van der Waals surface area (Å²) >= 11 is 3.54. The van der Waals surface area contributed by atoms with Crippen molar-refractivity contribution < 1.29 is 0 Å². The Bertz CT molecular complexity index is 755. The first-order valence-corrected chi connectivity index (χ1v) is 6.48. The highest BCUT2D eigenvalue weighted by Gasteiger charge is 2.10. The van der Waals surface area contributed by atoms with E-state index in [4.69, 9.17) is 5.73 Å². The number of pyridine rings is 1. The van der Waals surface area contributed by atoms with Gasteiger partial charge in [-0.15, -0.1) is 0 Å². The zero-order chi connectivity index (χ0) is 12.7. The average molecular weight is 303 g/mol. The van der Waals surface area contributed by atoms with Gasteiger partial charge < -0.3 is 5.73 Å². The number of halogens is 1. The molecule has 2 aromatic heterocycles. The smallest absolute Gasteiger partial charge is 0.127 e. The number of aryl methyl sites for hydroxylation is 1. The number of anilines is 1. The van der Waals surface area contributed by atoms with Crippen LogP contribution < -0.4 is 5.73 Å². The fraction of sp³-hybridized carbons (Fsp3) is 0.154. The van der Waals surface area contributed by atoms with E-state index in [0.717, 1.165) is 38.4 Å². The first-order chi connectivity index (χ1) is 8.70. The van der Waals surface area contributed by atoms with Gasteiger partial charge >= 0.3 is 0 Å². The van der Waals surface area contributed by atoms with Gasteiger partial charge in [0.25, 0.3) is 0 Å². The van der Waals surface area contributed by atoms with Gasteiger partial charge in [0, 0.05) is 17.8 Å². The highest BCUT2D eigenvalue weighted by Crippen LogP contribution is 2.31. The number of rotatable bonds is 1. The lowest BCUT2D eigenvalue weighted by Crippen LogP contribution is -1.98. The molecule has 2 N–H and O–H groups in total. The van der Waals surface area contributed by atoms with Crippen LogP contribution in [0, 0.1) is 0 Å². The van der Waals surface area contributed by atoms with E-state index in [9.17, 15) is 0 Å². The van der Waals surface area contributed by atoms with Crippen molar-refractivity contribution in [3.05, 3.63) is 34.6 Å². The minimum Gasteiger partial charge on any atom is -0.383 e. The van der Waals surface area contributed by atoms with E-state index < -0.39 is 0 Å². The first kappa shape index (κ1) is 11.3. The molecule has 0 amide bonds. The molecule has 0 aliphatic heterocycles. The van der Waals surface area contributed by atoms with Crippen LogP contribution in [0.25, 0.3) is 21.9 Å². The van der Waals surface area contributed by atoms with Crippen molar-refractivity contribution in [1.82, 2.24) is 15.0 Å². The molecular formula is C13H11BrN4. The standard InChI is InChI=1S/C13H11BrN4/c1-2-7-5-8-6-9-12(17-4-3-16-9)10(14)11(8)18-13(7)15/h3-6H,2H2,1H3,(H2,15,18). The van der Waals surface area contributed by atoms with Crippen molar-refractivity contribution in [2.24, 2.45) is 0 Å². The molecule has 5 heteroatoms. The number of nitrogen functional groups attached to an aromatic ring is 1. The quantitative estimate of drug-likeness (QED) is 0.702. The molecule has 0 spiro atoms. The summed E-state index contributed by atoms with van der Waals surface area (Å²) in [6, 6.07) is 4.06. The Labute approximate surface area is 112 Å². The summed E-state index contributed by atoms with van der Waals surface area (Å²) < 4.78 is 0.845. The van der Waals surface area contributed by atoms with E-state index in [1.54, 1.807) is 12.4 Å². The number of aromatic nitrogens is 3. The minimum atomic E-state index is 0.578. The van der Waals surface area contributed by atoms with Gasteiger partial charge in [0.15, 0.2) is 0 Å². The van der Waals surface area contributed by atoms with Crippen LogP contribution in [-0.2, 0) is 6.42 Å². The molecule has 0 aliphatic rings. The highest BCUT2D eigenvalue weighted by molar-refractivity contribution is 9.10. The first-order valence-electron chi connectivity index (χ1n) is 5.69. The zero-order valence-electron chi connectivity index (χ0n) is 9.81. The molecule has 0 atom stereocenters. The van der Waals surface area contributed by atoms with Gasteiger partial charge in [0.2, 0.25) is 0 Å². The predicted octanol–water partition coefficient (Wildman–Crippen LogP) is 3.09. The van der Waals surface area contributed by atoms with Crippen molar-refractivity contribution in [3.63, 3.8) is 0 Å². The molecule has 1 aromatic carbocycles. The Balaban J connectivity index is 2.48. The van der Waals surface area contributed by atoms with E-state index in [1.807, 2.05) is 6.07 Å². The van der Waals surface area contributed by atoms with Gasteiger partial charge in [0.05, 0.1) is 15.5 Å². The molecule has 18 heavy (non-hydrogen) atoms. The number of benzene rings is 1. The molecule has 3 rings (SSSR count). The SMILES string of the molecule is CCc1cc2cc3nccnc3c(Br)c2nc1N. The molecule has 0 unspecified atom stereocenters. The van der Waals surface area contributed by atoms with Gasteiger partial charge in [-0.25, -0.2) is 4.98 Å². The number of nitrogens with zero attached hydrogens (tertiary/aromatic N) is 3. The lowest BCUT2D eigenvalue weighted by atomic mass is 10.1. The maximum absolute atomic E-state index is 5.94. The van der Waals surface area contributed by atoms with Crippen LogP contribution in [-0.4, -0.2) is 15.0 Å². The molecule has 4 nitrogen and oxygen atoms in total. The van der Waals surface area contributed by atoms with Crippen LogP contribution in [0.1, 0.15) is 12.5 Å². The van der Waals surface area contributed by atoms with Crippen molar-refractivity contribution >= 4 is 43.7 Å². The van der Waals surface area contributed by atoms with Gasteiger partial charge in [0.1, 0.15) is 11.3 Å². The molecule has 2 heterocycles. The van der Waals surface area contributed by atoms with E-state index in [1.165, 1.54) is 0 Å². The third kappa shape index (κ3) is 1.62. The normalized spacial score (nSPS) is 11.2. The van der Waals surface area contributed by atoms with E-state index in [2.05, 4.69) is 43.9 Å². The molecule has 0 bridgehead atoms. The van der Waals surface area contributed by atoms with Gasteiger partial charge in [-0.2, -0.15) is 0 Å². The summed E-state index contributed by atoms with van der Waals surface area (Å²) in [5, 5.41) is 1.03. The van der Waals surface area contributed by atoms with Gasteiger partial charge in [-0.05, 0) is 40.0 Å². The summed E-state index contributed by atoms with van der Waals surface area (Å²) in [5.41, 5.74) is 9.49. The number of nitrogens with two attached hydrogens (primary N) is 1. The lowest BCUT2D eigenvalue weighted by molar-refractivity contribution is 1.13. The zero-order valence-corrected chi connectivity index (χ0v) is 11.4. The van der Waals surface area contributed by atoms with E-state index in [0.29, 0.717) is 5.82 Å². The fourth-order valence-electron chi connectivity index (χ4n) is 2.04. The average Bonchev–Trinajstić information content (AvgIpc) is 2.39. The lowest BCUT2D eigenvalue weighted by Gasteiger charge is -2.08. The summed E-state index contributed by atoms with van der Waals surface area (Å²) in [6.45, 7) is 2.06. The Morgan fingerprint density at radius 1 is 1.17 bits per heavy atom. The minimum absolute atomic E-state index is 0.578. The largest absolute Gasteiger partial charge is 0.383 e. The molecule has 3 aromatic rings. The summed E-state index contributed by atoms with van der Waals surface area (Å²) in [7, 11) is 0. The van der Waals surface area contributed by atoms with Crippen molar-refractivity contribution in [2.75, 3.05) is 5.73 Å². The molecule has 90 valence electrons. The van der Waals surface area contributed by atoms with Crippen molar-refractivity contribution in [2.45, 2.75) is 13.3 Å². The Hall–Kier alpha value is -1.75. The van der Waals surface area contributed by atoms with E-state index in [-0.39, 0.29) is 0 Å². The maximum atomic E-state index is 5.94. The topological polar surface area (TPSA) is 64.7 Å². The summed E-state index contributed by atoms with van der Waals surface area (Å²) in [6.07, 6.45) is 4.22. The monoisotopic (exact) mass is 302 g/mol. The number of fused-ring (bicyclic) bond motifs is 2. The summed E-state index contributed by atoms with van der Waals surface area (Å²) in [4.78, 5) is 13.1. The fourth-order valence-corrected chi connectivity index (χ4v) is 2.66. The van der Waals surface area contributed by atoms with Crippen LogP contribution in [0.4, 0.5) is 5.82 Å². The maximum Gasteiger partial charge on any atom is 0.127 e. The van der Waals surface area contributed by atoms with Crippen LogP contribution in [0.15, 0.2) is 29.0 Å². The third-order valence-corrected chi connectivity index (χ3v) is 3.73. The van der Waals surface area contributed by atoms with Gasteiger partial charge in [-0.1, -0.05) is 6.92 Å². The van der Waals surface area contributed by atoms with Gasteiger partial charge in [-0.3, -0.25) is 9.97 Å². The summed E-state index contributed by atoms with van der Waals surface area (Å²) in [5.74, 6) is 0.578.